The Bertz CT molecular complexity index is 755. The molecular formula is C15H10ClF5N2O2. The highest BCUT2D eigenvalue weighted by atomic mass is 35.5. The maximum atomic E-state index is 13.4. The second-order valence-electron chi connectivity index (χ2n) is 5.06. The van der Waals surface area contributed by atoms with E-state index in [1.807, 2.05) is 0 Å². The highest BCUT2D eigenvalue weighted by Gasteiger charge is 2.51. The van der Waals surface area contributed by atoms with Gasteiger partial charge in [0.1, 0.15) is 17.2 Å². The minimum Gasteiger partial charge on any atom is -0.308 e. The van der Waals surface area contributed by atoms with Gasteiger partial charge in [-0.25, -0.2) is 13.6 Å². The topological polar surface area (TPSA) is 58.2 Å². The second kappa shape index (κ2) is 6.83. The molecule has 1 atom stereocenters. The predicted molar refractivity (Wildman–Crippen MR) is 78.8 cm³/mol. The number of benzene rings is 1. The molecule has 25 heavy (non-hydrogen) atoms. The van der Waals surface area contributed by atoms with E-state index < -0.39 is 46.6 Å². The van der Waals surface area contributed by atoms with Gasteiger partial charge in [0.2, 0.25) is 0 Å². The summed E-state index contributed by atoms with van der Waals surface area (Å²) in [5.41, 5.74) is -1.01. The Morgan fingerprint density at radius 3 is 2.24 bits per heavy atom. The molecule has 0 radical (unpaired) electrons. The molecule has 1 aliphatic rings. The largest absolute Gasteiger partial charge is 0.411 e. The summed E-state index contributed by atoms with van der Waals surface area (Å²) in [6.45, 7) is 0. The third kappa shape index (κ3) is 4.16. The zero-order chi connectivity index (χ0) is 18.8. The van der Waals surface area contributed by atoms with Crippen LogP contribution in [0.25, 0.3) is 0 Å². The summed E-state index contributed by atoms with van der Waals surface area (Å²) in [6.07, 6.45) is -2.75. The van der Waals surface area contributed by atoms with Gasteiger partial charge >= 0.3 is 12.2 Å². The molecule has 0 saturated heterocycles. The number of allylic oxidation sites excluding steroid dienone is 3. The molecule has 1 unspecified atom stereocenters. The molecular weight excluding hydrogens is 371 g/mol. The van der Waals surface area contributed by atoms with Crippen molar-refractivity contribution in [2.45, 2.75) is 17.5 Å². The van der Waals surface area contributed by atoms with E-state index in [1.54, 1.807) is 5.32 Å². The van der Waals surface area contributed by atoms with E-state index in [2.05, 4.69) is 5.32 Å². The van der Waals surface area contributed by atoms with Crippen molar-refractivity contribution in [2.75, 3.05) is 0 Å². The number of hydrogen-bond donors (Lipinski definition) is 2. The lowest BCUT2D eigenvalue weighted by atomic mass is 9.98. The van der Waals surface area contributed by atoms with E-state index in [0.717, 1.165) is 30.4 Å². The summed E-state index contributed by atoms with van der Waals surface area (Å²) in [7, 11) is 0. The third-order valence-electron chi connectivity index (χ3n) is 3.29. The van der Waals surface area contributed by atoms with Crippen molar-refractivity contribution in [3.63, 3.8) is 0 Å². The Morgan fingerprint density at radius 1 is 1.16 bits per heavy atom. The zero-order valence-corrected chi connectivity index (χ0v) is 13.0. The summed E-state index contributed by atoms with van der Waals surface area (Å²) < 4.78 is 65.0. The van der Waals surface area contributed by atoms with Crippen LogP contribution in [0.1, 0.15) is 16.8 Å². The molecule has 1 aromatic rings. The highest BCUT2D eigenvalue weighted by molar-refractivity contribution is 6.26. The number of nitrogens with one attached hydrogen (secondary N) is 2. The van der Waals surface area contributed by atoms with Crippen molar-refractivity contribution in [2.24, 2.45) is 0 Å². The maximum absolute atomic E-state index is 13.4. The fourth-order valence-corrected chi connectivity index (χ4v) is 2.10. The van der Waals surface area contributed by atoms with Crippen LogP contribution in [0, 0.1) is 11.6 Å². The molecule has 0 bridgehead atoms. The van der Waals surface area contributed by atoms with Crippen LogP contribution < -0.4 is 10.6 Å². The van der Waals surface area contributed by atoms with Crippen molar-refractivity contribution in [3.05, 3.63) is 59.3 Å². The van der Waals surface area contributed by atoms with Gasteiger partial charge in [0.05, 0.1) is 0 Å². The Kier molecular flexibility index (Phi) is 5.17. The van der Waals surface area contributed by atoms with Crippen molar-refractivity contribution < 1.29 is 31.5 Å². The Labute approximate surface area is 143 Å². The van der Waals surface area contributed by atoms with E-state index in [4.69, 9.17) is 11.6 Å². The summed E-state index contributed by atoms with van der Waals surface area (Å²) in [5, 5.41) is 3.76. The molecule has 10 heteroatoms. The van der Waals surface area contributed by atoms with E-state index >= 15 is 0 Å². The molecule has 0 aliphatic heterocycles. The van der Waals surface area contributed by atoms with Crippen molar-refractivity contribution in [1.29, 1.82) is 0 Å². The number of carbonyl (C=O) groups excluding carboxylic acids is 2. The van der Waals surface area contributed by atoms with Crippen LogP contribution in [0.4, 0.5) is 26.7 Å². The normalized spacial score (nSPS) is 20.0. The number of amides is 3. The first kappa shape index (κ1) is 18.9. The monoisotopic (exact) mass is 380 g/mol. The number of rotatable bonds is 2. The molecule has 134 valence electrons. The lowest BCUT2D eigenvalue weighted by Crippen LogP contribution is -2.42. The van der Waals surface area contributed by atoms with Gasteiger partial charge in [-0.2, -0.15) is 13.2 Å². The lowest BCUT2D eigenvalue weighted by molar-refractivity contribution is -0.149. The summed E-state index contributed by atoms with van der Waals surface area (Å²) in [5.74, 6) is -3.67. The Balaban J connectivity index is 2.00. The van der Waals surface area contributed by atoms with Gasteiger partial charge in [-0.05, 0) is 24.6 Å². The number of alkyl halides is 4. The third-order valence-corrected chi connectivity index (χ3v) is 3.79. The van der Waals surface area contributed by atoms with Crippen molar-refractivity contribution in [3.8, 4) is 0 Å². The summed E-state index contributed by atoms with van der Waals surface area (Å²) in [4.78, 5) is 20.8. The smallest absolute Gasteiger partial charge is 0.308 e. The first-order chi connectivity index (χ1) is 11.5. The number of carbonyl (C=O) groups is 2. The first-order valence-electron chi connectivity index (χ1n) is 6.75. The Morgan fingerprint density at radius 2 is 1.76 bits per heavy atom. The molecule has 2 N–H and O–H groups in total. The molecule has 0 spiro atoms. The zero-order valence-electron chi connectivity index (χ0n) is 12.3. The molecule has 0 heterocycles. The molecule has 0 fully saturated rings. The first-order valence-corrected chi connectivity index (χ1v) is 7.13. The van der Waals surface area contributed by atoms with Crippen LogP contribution in [0.3, 0.4) is 0 Å². The van der Waals surface area contributed by atoms with Crippen molar-refractivity contribution >= 4 is 23.5 Å². The number of imide groups is 1. The lowest BCUT2D eigenvalue weighted by Gasteiger charge is -2.27. The molecule has 3 amide bonds. The van der Waals surface area contributed by atoms with Crippen LogP contribution in [-0.2, 0) is 0 Å². The standard InChI is InChI=1S/C15H10ClF5N2O2/c16-14(15(19,20)21)6-4-8(5-7-14)22-13(25)23-12(24)11-9(17)2-1-3-10(11)18/h1-6H,7H2,(H2,22,23,24,25). The van der Waals surface area contributed by atoms with E-state index in [1.165, 1.54) is 0 Å². The summed E-state index contributed by atoms with van der Waals surface area (Å²) in [6, 6.07) is 1.54. The van der Waals surface area contributed by atoms with Crippen LogP contribution in [0.15, 0.2) is 42.1 Å². The van der Waals surface area contributed by atoms with Gasteiger partial charge in [0.15, 0.2) is 4.87 Å². The molecule has 0 aromatic heterocycles. The second-order valence-corrected chi connectivity index (χ2v) is 5.74. The van der Waals surface area contributed by atoms with Gasteiger partial charge in [-0.15, -0.1) is 11.6 Å². The fraction of sp³-hybridized carbons (Fsp3) is 0.200. The van der Waals surface area contributed by atoms with Gasteiger partial charge in [-0.1, -0.05) is 18.2 Å². The van der Waals surface area contributed by atoms with Crippen LogP contribution >= 0.6 is 11.6 Å². The fourth-order valence-electron chi connectivity index (χ4n) is 1.96. The molecule has 1 aromatic carbocycles. The molecule has 1 aliphatic carbocycles. The SMILES string of the molecule is O=C(NC(=O)c1c(F)cccc1F)NC1=CCC(Cl)(C(F)(F)F)C=C1. The van der Waals surface area contributed by atoms with Gasteiger partial charge in [-0.3, -0.25) is 10.1 Å². The minimum absolute atomic E-state index is 0.0557. The van der Waals surface area contributed by atoms with Crippen molar-refractivity contribution in [1.82, 2.24) is 10.6 Å². The van der Waals surface area contributed by atoms with Gasteiger partial charge in [0.25, 0.3) is 5.91 Å². The molecule has 2 rings (SSSR count). The van der Waals surface area contributed by atoms with Crippen LogP contribution in [0.5, 0.6) is 0 Å². The predicted octanol–water partition coefficient (Wildman–Crippen LogP) is 3.79. The van der Waals surface area contributed by atoms with Crippen LogP contribution in [-0.4, -0.2) is 23.0 Å². The molecule has 0 saturated carbocycles. The maximum Gasteiger partial charge on any atom is 0.411 e. The number of halogens is 6. The number of urea groups is 1. The Hall–Kier alpha value is -2.42. The number of hydrogen-bond acceptors (Lipinski definition) is 2. The average Bonchev–Trinajstić information content (AvgIpc) is 2.48. The van der Waals surface area contributed by atoms with E-state index in [9.17, 15) is 31.5 Å². The minimum atomic E-state index is -4.69. The van der Waals surface area contributed by atoms with Gasteiger partial charge in [0, 0.05) is 5.70 Å². The van der Waals surface area contributed by atoms with Crippen LogP contribution in [0.2, 0.25) is 0 Å². The van der Waals surface area contributed by atoms with E-state index in [-0.39, 0.29) is 5.70 Å². The van der Waals surface area contributed by atoms with Gasteiger partial charge < -0.3 is 5.32 Å². The quantitative estimate of drug-likeness (QED) is 0.606. The molecule has 4 nitrogen and oxygen atoms in total. The van der Waals surface area contributed by atoms with E-state index in [0.29, 0.717) is 6.08 Å². The summed E-state index contributed by atoms with van der Waals surface area (Å²) >= 11 is 5.43. The highest BCUT2D eigenvalue weighted by Crippen LogP contribution is 2.42. The average molecular weight is 381 g/mol.